The van der Waals surface area contributed by atoms with Crippen molar-refractivity contribution in [2.24, 2.45) is 4.99 Å². The Morgan fingerprint density at radius 2 is 1.67 bits per heavy atom. The summed E-state index contributed by atoms with van der Waals surface area (Å²) in [6.07, 6.45) is 1.72. The van der Waals surface area contributed by atoms with Gasteiger partial charge in [-0.15, -0.1) is 11.3 Å². The van der Waals surface area contributed by atoms with Crippen molar-refractivity contribution in [1.29, 1.82) is 0 Å². The number of carbonyl (C=O) groups excluding carboxylic acids is 1. The lowest BCUT2D eigenvalue weighted by atomic mass is 10.2. The predicted molar refractivity (Wildman–Crippen MR) is 134 cm³/mol. The zero-order chi connectivity index (χ0) is 23.2. The topological polar surface area (TPSA) is 57.1 Å². The molecule has 4 aromatic rings. The van der Waals surface area contributed by atoms with E-state index in [4.69, 9.17) is 25.8 Å². The summed E-state index contributed by atoms with van der Waals surface area (Å²) >= 11 is 7.73. The molecule has 0 aliphatic carbocycles. The fourth-order valence-electron chi connectivity index (χ4n) is 3.23. The molecule has 5 nitrogen and oxygen atoms in total. The van der Waals surface area contributed by atoms with Crippen LogP contribution < -0.4 is 14.2 Å². The number of carbonyl (C=O) groups is 1. The van der Waals surface area contributed by atoms with Crippen LogP contribution in [0.3, 0.4) is 0 Å². The zero-order valence-electron chi connectivity index (χ0n) is 18.2. The largest absolute Gasteiger partial charge is 0.492 e. The molecule has 0 radical (unpaired) electrons. The van der Waals surface area contributed by atoms with Gasteiger partial charge in [0.05, 0.1) is 18.2 Å². The Morgan fingerprint density at radius 3 is 2.45 bits per heavy atom. The fraction of sp³-hybridized carbons (Fsp3) is 0.154. The highest BCUT2D eigenvalue weighted by molar-refractivity contribution is 7.21. The van der Waals surface area contributed by atoms with Gasteiger partial charge in [-0.25, -0.2) is 4.79 Å². The van der Waals surface area contributed by atoms with Crippen molar-refractivity contribution < 1.29 is 19.0 Å². The molecule has 33 heavy (non-hydrogen) atoms. The maximum Gasteiger partial charge on any atom is 0.355 e. The number of halogens is 1. The Kier molecular flexibility index (Phi) is 7.27. The first-order chi connectivity index (χ1) is 16.1. The minimum Gasteiger partial charge on any atom is -0.492 e. The number of nitrogens with zero attached hydrogens (tertiary/aromatic N) is 1. The number of hydrogen-bond donors (Lipinski definition) is 0. The third-order valence-corrected chi connectivity index (χ3v) is 6.36. The van der Waals surface area contributed by atoms with Gasteiger partial charge >= 0.3 is 5.97 Å². The van der Waals surface area contributed by atoms with Gasteiger partial charge < -0.3 is 14.2 Å². The molecule has 1 aromatic heterocycles. The predicted octanol–water partition coefficient (Wildman–Crippen LogP) is 7.32. The second kappa shape index (κ2) is 10.5. The van der Waals surface area contributed by atoms with Crippen LogP contribution in [0.2, 0.25) is 5.02 Å². The maximum atomic E-state index is 12.9. The number of benzene rings is 3. The van der Waals surface area contributed by atoms with Crippen LogP contribution in [0.1, 0.15) is 29.1 Å². The summed E-state index contributed by atoms with van der Waals surface area (Å²) in [6, 6.07) is 20.5. The van der Waals surface area contributed by atoms with Crippen molar-refractivity contribution in [3.8, 4) is 17.2 Å². The lowest BCUT2D eigenvalue weighted by Gasteiger charge is -2.11. The van der Waals surface area contributed by atoms with Crippen LogP contribution in [0.4, 0.5) is 5.69 Å². The highest BCUT2D eigenvalue weighted by Crippen LogP contribution is 2.37. The van der Waals surface area contributed by atoms with Crippen molar-refractivity contribution in [1.82, 2.24) is 0 Å². The molecule has 0 bridgehead atoms. The minimum absolute atomic E-state index is 0.322. The summed E-state index contributed by atoms with van der Waals surface area (Å²) in [5.41, 5.74) is 1.52. The van der Waals surface area contributed by atoms with Gasteiger partial charge in [0.25, 0.3) is 0 Å². The Bertz CT molecular complexity index is 1310. The highest BCUT2D eigenvalue weighted by atomic mass is 35.5. The maximum absolute atomic E-state index is 12.9. The number of thiophene rings is 1. The van der Waals surface area contributed by atoms with Crippen LogP contribution in [-0.2, 0) is 0 Å². The number of rotatable bonds is 8. The number of fused-ring (bicyclic) bond motifs is 1. The van der Waals surface area contributed by atoms with Crippen LogP contribution in [0.5, 0.6) is 17.2 Å². The van der Waals surface area contributed by atoms with Gasteiger partial charge in [-0.2, -0.15) is 0 Å². The van der Waals surface area contributed by atoms with Crippen LogP contribution >= 0.6 is 22.9 Å². The Morgan fingerprint density at radius 1 is 0.939 bits per heavy atom. The molecule has 3 aromatic carbocycles. The third kappa shape index (κ3) is 5.18. The smallest absolute Gasteiger partial charge is 0.355 e. The molecule has 0 atom stereocenters. The summed E-state index contributed by atoms with van der Waals surface area (Å²) in [5.74, 6) is 0.966. The van der Waals surface area contributed by atoms with E-state index < -0.39 is 5.97 Å². The van der Waals surface area contributed by atoms with Crippen molar-refractivity contribution in [3.63, 3.8) is 0 Å². The van der Waals surface area contributed by atoms with Crippen molar-refractivity contribution >= 4 is 50.9 Å². The Labute approximate surface area is 201 Å². The molecule has 0 aliphatic heterocycles. The molecule has 0 unspecified atom stereocenters. The molecule has 0 spiro atoms. The highest BCUT2D eigenvalue weighted by Gasteiger charge is 2.20. The third-order valence-electron chi connectivity index (χ3n) is 4.71. The van der Waals surface area contributed by atoms with Gasteiger partial charge in [0.2, 0.25) is 0 Å². The van der Waals surface area contributed by atoms with Gasteiger partial charge in [0.15, 0.2) is 11.5 Å². The van der Waals surface area contributed by atoms with Crippen molar-refractivity contribution in [2.45, 2.75) is 13.8 Å². The number of esters is 1. The first-order valence-electron chi connectivity index (χ1n) is 10.5. The monoisotopic (exact) mass is 479 g/mol. The van der Waals surface area contributed by atoms with Gasteiger partial charge in [0.1, 0.15) is 16.3 Å². The summed E-state index contributed by atoms with van der Waals surface area (Å²) in [7, 11) is 0. The van der Waals surface area contributed by atoms with Crippen molar-refractivity contribution in [3.05, 3.63) is 82.2 Å². The SMILES string of the molecule is CCOc1ccccc1N=Cc1ccc(OC(=O)c2sc3ccccc3c2Cl)c(OCC)c1. The lowest BCUT2D eigenvalue weighted by Crippen LogP contribution is -2.08. The standard InChI is InChI=1S/C26H22ClNO4S/c1-3-30-20-11-7-6-10-19(20)28-16-17-13-14-21(22(15-17)31-4-2)32-26(29)25-24(27)18-9-5-8-12-23(18)33-25/h5-16H,3-4H2,1-2H3. The quantitative estimate of drug-likeness (QED) is 0.151. The van der Waals surface area contributed by atoms with E-state index in [0.717, 1.165) is 21.3 Å². The number of para-hydroxylation sites is 2. The second-order valence-corrected chi connectivity index (χ2v) is 8.36. The zero-order valence-corrected chi connectivity index (χ0v) is 19.8. The number of aliphatic imine (C=N–C) groups is 1. The molecule has 0 amide bonds. The van der Waals surface area contributed by atoms with Crippen molar-refractivity contribution in [2.75, 3.05) is 13.2 Å². The average molecular weight is 480 g/mol. The van der Waals surface area contributed by atoms with E-state index >= 15 is 0 Å². The molecule has 7 heteroatoms. The average Bonchev–Trinajstić information content (AvgIpc) is 3.17. The van der Waals surface area contributed by atoms with E-state index in [2.05, 4.69) is 4.99 Å². The molecule has 0 saturated carbocycles. The first kappa shape index (κ1) is 22.8. The van der Waals surface area contributed by atoms with Gasteiger partial charge in [0, 0.05) is 16.3 Å². The lowest BCUT2D eigenvalue weighted by molar-refractivity contribution is 0.0733. The first-order valence-corrected chi connectivity index (χ1v) is 11.7. The molecule has 0 aliphatic rings. The van der Waals surface area contributed by atoms with Crippen LogP contribution in [0.25, 0.3) is 10.1 Å². The van der Waals surface area contributed by atoms with E-state index in [9.17, 15) is 4.79 Å². The second-order valence-electron chi connectivity index (χ2n) is 6.93. The minimum atomic E-state index is -0.519. The van der Waals surface area contributed by atoms with Crippen LogP contribution in [-0.4, -0.2) is 25.4 Å². The Balaban J connectivity index is 1.58. The van der Waals surface area contributed by atoms with E-state index in [1.165, 1.54) is 11.3 Å². The molecule has 0 N–H and O–H groups in total. The van der Waals surface area contributed by atoms with Crippen LogP contribution in [0, 0.1) is 0 Å². The fourth-order valence-corrected chi connectivity index (χ4v) is 4.62. The number of ether oxygens (including phenoxy) is 3. The van der Waals surface area contributed by atoms with E-state index in [1.807, 2.05) is 68.4 Å². The summed E-state index contributed by atoms with van der Waals surface area (Å²) in [4.78, 5) is 17.8. The molecule has 0 fully saturated rings. The molecule has 1 heterocycles. The molecular formula is C26H22ClNO4S. The molecule has 0 saturated heterocycles. The Hall–Kier alpha value is -3.35. The summed E-state index contributed by atoms with van der Waals surface area (Å²) in [5, 5.41) is 1.23. The number of hydrogen-bond acceptors (Lipinski definition) is 6. The summed E-state index contributed by atoms with van der Waals surface area (Å²) < 4.78 is 17.9. The van der Waals surface area contributed by atoms with E-state index in [-0.39, 0.29) is 0 Å². The summed E-state index contributed by atoms with van der Waals surface area (Å²) in [6.45, 7) is 4.78. The van der Waals surface area contributed by atoms with E-state index in [0.29, 0.717) is 40.4 Å². The van der Waals surface area contributed by atoms with E-state index in [1.54, 1.807) is 18.3 Å². The van der Waals surface area contributed by atoms with Crippen LogP contribution in [0.15, 0.2) is 71.7 Å². The normalized spacial score (nSPS) is 11.1. The molecular weight excluding hydrogens is 458 g/mol. The van der Waals surface area contributed by atoms with Gasteiger partial charge in [-0.1, -0.05) is 41.9 Å². The molecule has 168 valence electrons. The van der Waals surface area contributed by atoms with Gasteiger partial charge in [-0.05, 0) is 55.8 Å². The van der Waals surface area contributed by atoms with Gasteiger partial charge in [-0.3, -0.25) is 4.99 Å². The molecule has 4 rings (SSSR count).